The Balaban J connectivity index is 1.75. The molecule has 0 aliphatic heterocycles. The lowest BCUT2D eigenvalue weighted by atomic mass is 10.1. The summed E-state index contributed by atoms with van der Waals surface area (Å²) in [7, 11) is -3.73. The van der Waals surface area contributed by atoms with Crippen molar-refractivity contribution in [1.82, 2.24) is 0 Å². The van der Waals surface area contributed by atoms with Crippen LogP contribution in [-0.2, 0) is 15.2 Å². The largest absolute Gasteiger partial charge is 0.407 e. The fraction of sp³-hybridized carbons (Fsp3) is 0.357. The second kappa shape index (κ2) is 11.4. The minimum absolute atomic E-state index is 0.0891. The van der Waals surface area contributed by atoms with Crippen LogP contribution < -0.4 is 10.4 Å². The molecule has 0 spiro atoms. The Bertz CT molecular complexity index is 964. The first-order valence-corrected chi connectivity index (χ1v) is 14.8. The number of benzene rings is 3. The molecule has 176 valence electrons. The Morgan fingerprint density at radius 3 is 1.76 bits per heavy atom. The average Bonchev–Trinajstić information content (AvgIpc) is 2.82. The molecule has 0 radical (unpaired) electrons. The number of aliphatic hydroxyl groups is 1. The van der Waals surface area contributed by atoms with Gasteiger partial charge in [-0.3, -0.25) is 4.21 Å². The van der Waals surface area contributed by atoms with Crippen LogP contribution in [0.5, 0.6) is 0 Å². The second-order valence-electron chi connectivity index (χ2n) is 9.67. The van der Waals surface area contributed by atoms with Gasteiger partial charge in [0.25, 0.3) is 8.32 Å². The molecule has 0 bridgehead atoms. The van der Waals surface area contributed by atoms with Gasteiger partial charge in [0.2, 0.25) is 0 Å². The maximum absolute atomic E-state index is 12.7. The fourth-order valence-electron chi connectivity index (χ4n) is 4.40. The topological polar surface area (TPSA) is 46.5 Å². The first-order chi connectivity index (χ1) is 15.8. The maximum Gasteiger partial charge on any atom is 0.261 e. The number of aliphatic hydroxyl groups excluding tert-OH is 1. The molecule has 0 aliphatic rings. The lowest BCUT2D eigenvalue weighted by Gasteiger charge is -2.43. The highest BCUT2D eigenvalue weighted by molar-refractivity contribution is 7.85. The fourth-order valence-corrected chi connectivity index (χ4v) is 10.3. The molecule has 3 nitrogen and oxygen atoms in total. The Morgan fingerprint density at radius 1 is 0.848 bits per heavy atom. The Hall–Kier alpha value is -2.05. The molecule has 3 aromatic carbocycles. The predicted molar refractivity (Wildman–Crippen MR) is 141 cm³/mol. The van der Waals surface area contributed by atoms with Crippen molar-refractivity contribution >= 4 is 29.5 Å². The summed E-state index contributed by atoms with van der Waals surface area (Å²) in [6, 6.07) is 30.5. The standard InChI is InChI=1S/C28H36O3SSi/c1-23(22-32(30)24-14-8-5-9-15-24)27(29)20-21-31-33(28(2,3)4,25-16-10-6-11-17-25)26-18-12-7-13-19-26/h5-19,23,27,29H,20-22H2,1-4H3/t23-,27+,32-/m1/s1. The zero-order valence-electron chi connectivity index (χ0n) is 20.1. The highest BCUT2D eigenvalue weighted by Crippen LogP contribution is 2.36. The van der Waals surface area contributed by atoms with Crippen molar-refractivity contribution in [2.45, 2.75) is 50.2 Å². The molecule has 0 saturated heterocycles. The SMILES string of the molecule is C[C@H](C[S@@](=O)c1ccccc1)[C@@H](O)CCO[Si](c1ccccc1)(c1ccccc1)C(C)(C)C. The van der Waals surface area contributed by atoms with Crippen LogP contribution in [0.15, 0.2) is 95.9 Å². The van der Waals surface area contributed by atoms with Crippen LogP contribution in [0.2, 0.25) is 5.04 Å². The Morgan fingerprint density at radius 2 is 1.30 bits per heavy atom. The molecule has 0 aliphatic carbocycles. The van der Waals surface area contributed by atoms with Gasteiger partial charge in [0.15, 0.2) is 0 Å². The van der Waals surface area contributed by atoms with Crippen LogP contribution >= 0.6 is 0 Å². The molecule has 0 saturated carbocycles. The summed E-state index contributed by atoms with van der Waals surface area (Å²) in [6.45, 7) is 9.18. The van der Waals surface area contributed by atoms with Crippen molar-refractivity contribution in [3.8, 4) is 0 Å². The van der Waals surface area contributed by atoms with Gasteiger partial charge in [-0.2, -0.15) is 0 Å². The highest BCUT2D eigenvalue weighted by atomic mass is 32.2. The Labute approximate surface area is 202 Å². The minimum atomic E-state index is -2.61. The number of hydrogen-bond donors (Lipinski definition) is 1. The second-order valence-corrected chi connectivity index (χ2v) is 15.5. The van der Waals surface area contributed by atoms with E-state index in [0.29, 0.717) is 18.8 Å². The first-order valence-electron chi connectivity index (χ1n) is 11.6. The third kappa shape index (κ3) is 6.10. The number of hydrogen-bond acceptors (Lipinski definition) is 3. The third-order valence-electron chi connectivity index (χ3n) is 6.23. The average molecular weight is 481 g/mol. The van der Waals surface area contributed by atoms with Crippen molar-refractivity contribution in [3.05, 3.63) is 91.0 Å². The molecular weight excluding hydrogens is 444 g/mol. The zero-order valence-corrected chi connectivity index (χ0v) is 21.9. The normalized spacial score (nSPS) is 15.1. The van der Waals surface area contributed by atoms with Crippen molar-refractivity contribution < 1.29 is 13.7 Å². The van der Waals surface area contributed by atoms with E-state index in [-0.39, 0.29) is 11.0 Å². The van der Waals surface area contributed by atoms with E-state index >= 15 is 0 Å². The van der Waals surface area contributed by atoms with Crippen molar-refractivity contribution in [2.75, 3.05) is 12.4 Å². The lowest BCUT2D eigenvalue weighted by Crippen LogP contribution is -2.66. The van der Waals surface area contributed by atoms with E-state index in [1.165, 1.54) is 10.4 Å². The minimum Gasteiger partial charge on any atom is -0.407 e. The van der Waals surface area contributed by atoms with E-state index in [9.17, 15) is 9.32 Å². The van der Waals surface area contributed by atoms with Gasteiger partial charge in [-0.1, -0.05) is 107 Å². The van der Waals surface area contributed by atoms with Gasteiger partial charge in [-0.15, -0.1) is 0 Å². The van der Waals surface area contributed by atoms with Crippen LogP contribution in [0.1, 0.15) is 34.1 Å². The van der Waals surface area contributed by atoms with E-state index in [1.807, 2.05) is 49.4 Å². The monoisotopic (exact) mass is 480 g/mol. The van der Waals surface area contributed by atoms with Gasteiger partial charge >= 0.3 is 0 Å². The van der Waals surface area contributed by atoms with Crippen LogP contribution in [0.25, 0.3) is 0 Å². The van der Waals surface area contributed by atoms with Gasteiger partial charge in [-0.05, 0) is 39.9 Å². The summed E-state index contributed by atoms with van der Waals surface area (Å²) in [5.74, 6) is 0.346. The molecule has 0 unspecified atom stereocenters. The van der Waals surface area contributed by atoms with Gasteiger partial charge in [-0.25, -0.2) is 0 Å². The molecule has 33 heavy (non-hydrogen) atoms. The van der Waals surface area contributed by atoms with Crippen molar-refractivity contribution in [2.24, 2.45) is 5.92 Å². The molecule has 0 fully saturated rings. The van der Waals surface area contributed by atoms with E-state index in [0.717, 1.165) is 4.90 Å². The van der Waals surface area contributed by atoms with Gasteiger partial charge in [0.1, 0.15) is 0 Å². The summed E-state index contributed by atoms with van der Waals surface area (Å²) in [5, 5.41) is 13.2. The summed E-state index contributed by atoms with van der Waals surface area (Å²) in [4.78, 5) is 0.806. The highest BCUT2D eigenvalue weighted by Gasteiger charge is 2.50. The van der Waals surface area contributed by atoms with E-state index in [4.69, 9.17) is 4.43 Å². The molecule has 1 N–H and O–H groups in total. The van der Waals surface area contributed by atoms with E-state index < -0.39 is 25.2 Å². The summed E-state index contributed by atoms with van der Waals surface area (Å²) in [6.07, 6.45) is -0.0617. The van der Waals surface area contributed by atoms with E-state index in [1.54, 1.807) is 0 Å². The quantitative estimate of drug-likeness (QED) is 0.426. The molecule has 3 aromatic rings. The predicted octanol–water partition coefficient (Wildman–Crippen LogP) is 4.76. The molecule has 3 atom stereocenters. The van der Waals surface area contributed by atoms with Crippen molar-refractivity contribution in [3.63, 3.8) is 0 Å². The van der Waals surface area contributed by atoms with Crippen LogP contribution in [0, 0.1) is 5.92 Å². The molecule has 3 rings (SSSR count). The van der Waals surface area contributed by atoms with Crippen molar-refractivity contribution in [1.29, 1.82) is 0 Å². The van der Waals surface area contributed by atoms with Gasteiger partial charge in [0.05, 0.1) is 16.9 Å². The lowest BCUT2D eigenvalue weighted by molar-refractivity contribution is 0.0971. The summed E-state index contributed by atoms with van der Waals surface area (Å²) < 4.78 is 19.5. The van der Waals surface area contributed by atoms with Crippen LogP contribution in [0.4, 0.5) is 0 Å². The molecular formula is C28H36O3SSi. The molecule has 0 heterocycles. The van der Waals surface area contributed by atoms with Gasteiger partial charge < -0.3 is 9.53 Å². The maximum atomic E-state index is 12.7. The summed E-state index contributed by atoms with van der Waals surface area (Å²) in [5.41, 5.74) is 0. The number of rotatable bonds is 10. The third-order valence-corrected chi connectivity index (χ3v) is 12.9. The Kier molecular flexibility index (Phi) is 8.82. The van der Waals surface area contributed by atoms with E-state index in [2.05, 4.69) is 69.3 Å². The van der Waals surface area contributed by atoms with Crippen LogP contribution in [-0.4, -0.2) is 36.1 Å². The zero-order chi connectivity index (χ0) is 23.9. The van der Waals surface area contributed by atoms with Gasteiger partial charge in [0, 0.05) is 17.3 Å². The molecule has 0 aromatic heterocycles. The smallest absolute Gasteiger partial charge is 0.261 e. The molecule has 5 heteroatoms. The first kappa shape index (κ1) is 25.6. The molecule has 0 amide bonds. The summed E-state index contributed by atoms with van der Waals surface area (Å²) >= 11 is 0. The van der Waals surface area contributed by atoms with Crippen LogP contribution in [0.3, 0.4) is 0 Å².